The molecule has 0 spiro atoms. The summed E-state index contributed by atoms with van der Waals surface area (Å²) in [4.78, 5) is 10.9. The zero-order chi connectivity index (χ0) is 10.8. The summed E-state index contributed by atoms with van der Waals surface area (Å²) in [6.07, 6.45) is 5.69. The third-order valence-corrected chi connectivity index (χ3v) is 2.09. The van der Waals surface area contributed by atoms with Gasteiger partial charge >= 0.3 is 5.97 Å². The van der Waals surface area contributed by atoms with Crippen LogP contribution in [0.4, 0.5) is 0 Å². The second-order valence-electron chi connectivity index (χ2n) is 3.24. The molecule has 0 saturated heterocycles. The van der Waals surface area contributed by atoms with Gasteiger partial charge in [-0.2, -0.15) is 0 Å². The summed E-state index contributed by atoms with van der Waals surface area (Å²) in [7, 11) is 0. The molecule has 0 aliphatic rings. The van der Waals surface area contributed by atoms with Gasteiger partial charge in [-0.15, -0.1) is 0 Å². The molecule has 0 amide bonds. The maximum Gasteiger partial charge on any atom is 0.330 e. The second-order valence-corrected chi connectivity index (χ2v) is 3.24. The predicted molar refractivity (Wildman–Crippen MR) is 55.9 cm³/mol. The molecule has 0 bridgehead atoms. The van der Waals surface area contributed by atoms with Crippen molar-refractivity contribution in [2.75, 3.05) is 6.61 Å². The number of aliphatic hydroxyl groups is 1. The van der Waals surface area contributed by atoms with Gasteiger partial charge in [-0.3, -0.25) is 0 Å². The van der Waals surface area contributed by atoms with E-state index >= 15 is 0 Å². The quantitative estimate of drug-likeness (QED) is 0.370. The summed E-state index contributed by atoms with van der Waals surface area (Å²) in [5.41, 5.74) is 0. The number of carbonyl (C=O) groups excluding carboxylic acids is 1. The molecule has 1 atom stereocenters. The van der Waals surface area contributed by atoms with Crippen LogP contribution in [0, 0.1) is 0 Å². The monoisotopic (exact) mass is 200 g/mol. The fourth-order valence-electron chi connectivity index (χ4n) is 1.22. The molecule has 3 nitrogen and oxygen atoms in total. The van der Waals surface area contributed by atoms with Crippen molar-refractivity contribution < 1.29 is 14.6 Å². The molecule has 0 radical (unpaired) electrons. The van der Waals surface area contributed by atoms with Crippen molar-refractivity contribution in [1.29, 1.82) is 0 Å². The van der Waals surface area contributed by atoms with Crippen LogP contribution in [0.1, 0.15) is 39.0 Å². The fraction of sp³-hybridized carbons (Fsp3) is 0.727. The number of ether oxygens (including phenoxy) is 1. The van der Waals surface area contributed by atoms with E-state index in [1.165, 1.54) is 6.08 Å². The SMILES string of the molecule is C=CC(=O)OC(CC)CCCCCO. The van der Waals surface area contributed by atoms with Crippen LogP contribution in [0.3, 0.4) is 0 Å². The van der Waals surface area contributed by atoms with Gasteiger partial charge in [0.05, 0.1) is 0 Å². The van der Waals surface area contributed by atoms with Crippen molar-refractivity contribution in [2.24, 2.45) is 0 Å². The van der Waals surface area contributed by atoms with E-state index in [4.69, 9.17) is 9.84 Å². The summed E-state index contributed by atoms with van der Waals surface area (Å²) in [5, 5.41) is 8.57. The van der Waals surface area contributed by atoms with Gasteiger partial charge in [-0.25, -0.2) is 4.79 Å². The Morgan fingerprint density at radius 1 is 1.50 bits per heavy atom. The van der Waals surface area contributed by atoms with Crippen LogP contribution in [0.2, 0.25) is 0 Å². The zero-order valence-corrected chi connectivity index (χ0v) is 8.87. The smallest absolute Gasteiger partial charge is 0.330 e. The Morgan fingerprint density at radius 2 is 2.21 bits per heavy atom. The van der Waals surface area contributed by atoms with Crippen LogP contribution >= 0.6 is 0 Å². The molecule has 0 fully saturated rings. The van der Waals surface area contributed by atoms with E-state index in [2.05, 4.69) is 6.58 Å². The Labute approximate surface area is 85.8 Å². The first-order valence-corrected chi connectivity index (χ1v) is 5.18. The molecule has 3 heteroatoms. The minimum Gasteiger partial charge on any atom is -0.459 e. The van der Waals surface area contributed by atoms with Crippen LogP contribution in [0.15, 0.2) is 12.7 Å². The lowest BCUT2D eigenvalue weighted by Gasteiger charge is -2.14. The van der Waals surface area contributed by atoms with Gasteiger partial charge in [0.2, 0.25) is 0 Å². The standard InChI is InChI=1S/C11H20O3/c1-3-10(14-11(13)4-2)8-6-5-7-9-12/h4,10,12H,2-3,5-9H2,1H3. The molecule has 0 aromatic rings. The lowest BCUT2D eigenvalue weighted by atomic mass is 10.1. The van der Waals surface area contributed by atoms with Gasteiger partial charge in [-0.1, -0.05) is 19.9 Å². The Balaban J connectivity index is 3.57. The molecule has 1 N–H and O–H groups in total. The highest BCUT2D eigenvalue weighted by Crippen LogP contribution is 2.10. The Morgan fingerprint density at radius 3 is 2.71 bits per heavy atom. The van der Waals surface area contributed by atoms with Crippen LogP contribution in [0.5, 0.6) is 0 Å². The lowest BCUT2D eigenvalue weighted by molar-refractivity contribution is -0.143. The maximum atomic E-state index is 10.9. The number of carbonyl (C=O) groups is 1. The minimum absolute atomic E-state index is 0.000747. The minimum atomic E-state index is -0.348. The van der Waals surface area contributed by atoms with Gasteiger partial charge in [-0.05, 0) is 25.7 Å². The van der Waals surface area contributed by atoms with Gasteiger partial charge < -0.3 is 9.84 Å². The van der Waals surface area contributed by atoms with Crippen molar-refractivity contribution >= 4 is 5.97 Å². The molecule has 0 aliphatic carbocycles. The van der Waals surface area contributed by atoms with Crippen molar-refractivity contribution in [1.82, 2.24) is 0 Å². The van der Waals surface area contributed by atoms with Gasteiger partial charge in [0.25, 0.3) is 0 Å². The highest BCUT2D eigenvalue weighted by atomic mass is 16.5. The molecule has 0 aliphatic heterocycles. The van der Waals surface area contributed by atoms with E-state index in [0.717, 1.165) is 32.1 Å². The second kappa shape index (κ2) is 8.75. The first-order valence-electron chi connectivity index (χ1n) is 5.18. The average Bonchev–Trinajstić information content (AvgIpc) is 2.22. The van der Waals surface area contributed by atoms with E-state index in [0.29, 0.717) is 0 Å². The first-order chi connectivity index (χ1) is 6.74. The molecule has 0 saturated carbocycles. The van der Waals surface area contributed by atoms with Crippen molar-refractivity contribution in [2.45, 2.75) is 45.1 Å². The number of rotatable bonds is 8. The highest BCUT2D eigenvalue weighted by Gasteiger charge is 2.09. The molecule has 1 unspecified atom stereocenters. The molecular formula is C11H20O3. The zero-order valence-electron chi connectivity index (χ0n) is 8.87. The van der Waals surface area contributed by atoms with Crippen LogP contribution in [-0.2, 0) is 9.53 Å². The number of esters is 1. The first kappa shape index (κ1) is 13.2. The van der Waals surface area contributed by atoms with E-state index in [-0.39, 0.29) is 18.7 Å². The number of hydrogen-bond acceptors (Lipinski definition) is 3. The largest absolute Gasteiger partial charge is 0.459 e. The average molecular weight is 200 g/mol. The Hall–Kier alpha value is -0.830. The topological polar surface area (TPSA) is 46.5 Å². The summed E-state index contributed by atoms with van der Waals surface area (Å²) < 4.78 is 5.11. The van der Waals surface area contributed by atoms with E-state index < -0.39 is 0 Å². The normalized spacial score (nSPS) is 12.1. The summed E-state index contributed by atoms with van der Waals surface area (Å²) in [5.74, 6) is -0.348. The molecule has 82 valence electrons. The molecule has 0 rings (SSSR count). The number of hydrogen-bond donors (Lipinski definition) is 1. The third kappa shape index (κ3) is 6.66. The van der Waals surface area contributed by atoms with Crippen molar-refractivity contribution in [3.63, 3.8) is 0 Å². The number of aliphatic hydroxyl groups excluding tert-OH is 1. The molecule has 0 heterocycles. The van der Waals surface area contributed by atoms with E-state index in [1.807, 2.05) is 6.92 Å². The van der Waals surface area contributed by atoms with E-state index in [1.54, 1.807) is 0 Å². The molecule has 0 aromatic carbocycles. The molecule has 14 heavy (non-hydrogen) atoms. The van der Waals surface area contributed by atoms with Crippen molar-refractivity contribution in [3.05, 3.63) is 12.7 Å². The Kier molecular flexibility index (Phi) is 8.24. The Bertz CT molecular complexity index is 166. The maximum absolute atomic E-state index is 10.9. The van der Waals surface area contributed by atoms with Gasteiger partial charge in [0.1, 0.15) is 6.10 Å². The third-order valence-electron chi connectivity index (χ3n) is 2.09. The van der Waals surface area contributed by atoms with Gasteiger partial charge in [0, 0.05) is 12.7 Å². The summed E-state index contributed by atoms with van der Waals surface area (Å²) in [6.45, 7) is 5.58. The van der Waals surface area contributed by atoms with E-state index in [9.17, 15) is 4.79 Å². The molecule has 0 aromatic heterocycles. The predicted octanol–water partition coefficient (Wildman–Crippen LogP) is 2.05. The van der Waals surface area contributed by atoms with Gasteiger partial charge in [0.15, 0.2) is 0 Å². The number of unbranched alkanes of at least 4 members (excludes halogenated alkanes) is 2. The highest BCUT2D eigenvalue weighted by molar-refractivity contribution is 5.81. The summed E-state index contributed by atoms with van der Waals surface area (Å²) >= 11 is 0. The fourth-order valence-corrected chi connectivity index (χ4v) is 1.22. The summed E-state index contributed by atoms with van der Waals surface area (Å²) in [6, 6.07) is 0. The molecular weight excluding hydrogens is 180 g/mol. The van der Waals surface area contributed by atoms with Crippen LogP contribution in [-0.4, -0.2) is 23.8 Å². The van der Waals surface area contributed by atoms with Crippen LogP contribution < -0.4 is 0 Å². The van der Waals surface area contributed by atoms with Crippen LogP contribution in [0.25, 0.3) is 0 Å². The lowest BCUT2D eigenvalue weighted by Crippen LogP contribution is -2.15. The van der Waals surface area contributed by atoms with Crippen molar-refractivity contribution in [3.8, 4) is 0 Å².